The molecule has 4 nitrogen and oxygen atoms in total. The predicted octanol–water partition coefficient (Wildman–Crippen LogP) is 3.19. The van der Waals surface area contributed by atoms with Crippen molar-refractivity contribution in [3.05, 3.63) is 63.7 Å². The lowest BCUT2D eigenvalue weighted by Crippen LogP contribution is -2.24. The summed E-state index contributed by atoms with van der Waals surface area (Å²) in [5.74, 6) is 0.173. The maximum absolute atomic E-state index is 12.0. The van der Waals surface area contributed by atoms with Crippen molar-refractivity contribution in [3.8, 4) is 0 Å². The van der Waals surface area contributed by atoms with Gasteiger partial charge in [0.25, 0.3) is 0 Å². The Balaban J connectivity index is 1.87. The van der Waals surface area contributed by atoms with Gasteiger partial charge in [-0.3, -0.25) is 0 Å². The maximum Gasteiger partial charge on any atom is 0.233 e. The Kier molecular flexibility index (Phi) is 6.98. The third-order valence-electron chi connectivity index (χ3n) is 3.53. The average Bonchev–Trinajstić information content (AvgIpc) is 3.07. The summed E-state index contributed by atoms with van der Waals surface area (Å²) in [6.07, 6.45) is 2.88. The molecule has 1 aromatic carbocycles. The number of sulfonamides is 1. The number of hydrogen-bond acceptors (Lipinski definition) is 4. The summed E-state index contributed by atoms with van der Waals surface area (Å²) in [5, 5.41) is 14.4. The monoisotopic (exact) mass is 351 g/mol. The van der Waals surface area contributed by atoms with Crippen molar-refractivity contribution >= 4 is 27.4 Å². The molecule has 0 radical (unpaired) electrons. The SMILES string of the molecule is O=S(=O)(/C=C/c1ccccc1)NCC[C@H](CCO)c1ccsc1. The van der Waals surface area contributed by atoms with Gasteiger partial charge in [-0.15, -0.1) is 0 Å². The number of aliphatic hydroxyl groups is 1. The van der Waals surface area contributed by atoms with E-state index in [9.17, 15) is 8.42 Å². The first kappa shape index (κ1) is 17.9. The highest BCUT2D eigenvalue weighted by Gasteiger charge is 2.13. The van der Waals surface area contributed by atoms with E-state index in [0.29, 0.717) is 19.4 Å². The molecule has 0 saturated heterocycles. The Labute approximate surface area is 141 Å². The quantitative estimate of drug-likeness (QED) is 0.729. The Morgan fingerprint density at radius 2 is 1.96 bits per heavy atom. The lowest BCUT2D eigenvalue weighted by molar-refractivity contribution is 0.273. The van der Waals surface area contributed by atoms with Crippen LogP contribution in [0.4, 0.5) is 0 Å². The second kappa shape index (κ2) is 8.98. The van der Waals surface area contributed by atoms with Gasteiger partial charge < -0.3 is 5.11 Å². The fraction of sp³-hybridized carbons (Fsp3) is 0.294. The first-order valence-corrected chi connectivity index (χ1v) is 9.95. The minimum atomic E-state index is -3.45. The van der Waals surface area contributed by atoms with Crippen molar-refractivity contribution in [2.45, 2.75) is 18.8 Å². The van der Waals surface area contributed by atoms with Crippen LogP contribution in [0.3, 0.4) is 0 Å². The zero-order chi connectivity index (χ0) is 16.5. The number of aliphatic hydroxyl groups excluding tert-OH is 1. The predicted molar refractivity (Wildman–Crippen MR) is 95.8 cm³/mol. The molecular weight excluding hydrogens is 330 g/mol. The summed E-state index contributed by atoms with van der Waals surface area (Å²) in [4.78, 5) is 0. The molecule has 0 aliphatic rings. The van der Waals surface area contributed by atoms with Crippen LogP contribution in [0.25, 0.3) is 6.08 Å². The molecule has 2 rings (SSSR count). The molecule has 0 spiro atoms. The van der Waals surface area contributed by atoms with Crippen LogP contribution in [-0.2, 0) is 10.0 Å². The fourth-order valence-corrected chi connectivity index (χ4v) is 3.87. The van der Waals surface area contributed by atoms with E-state index in [1.165, 1.54) is 5.41 Å². The van der Waals surface area contributed by atoms with Gasteiger partial charge in [0.05, 0.1) is 0 Å². The summed E-state index contributed by atoms with van der Waals surface area (Å²) >= 11 is 1.61. The van der Waals surface area contributed by atoms with Gasteiger partial charge in [-0.1, -0.05) is 30.3 Å². The smallest absolute Gasteiger partial charge is 0.233 e. The molecular formula is C17H21NO3S2. The van der Waals surface area contributed by atoms with E-state index in [0.717, 1.165) is 11.1 Å². The third kappa shape index (κ3) is 6.27. The Bertz CT molecular complexity index is 695. The zero-order valence-electron chi connectivity index (χ0n) is 12.8. The number of thiophene rings is 1. The molecule has 0 fully saturated rings. The van der Waals surface area contributed by atoms with Crippen molar-refractivity contribution in [1.82, 2.24) is 4.72 Å². The van der Waals surface area contributed by atoms with Crippen LogP contribution >= 0.6 is 11.3 Å². The van der Waals surface area contributed by atoms with Gasteiger partial charge in [0, 0.05) is 18.6 Å². The highest BCUT2D eigenvalue weighted by atomic mass is 32.2. The fourth-order valence-electron chi connectivity index (χ4n) is 2.30. The molecule has 0 bridgehead atoms. The van der Waals surface area contributed by atoms with Crippen LogP contribution < -0.4 is 4.72 Å². The van der Waals surface area contributed by atoms with Gasteiger partial charge in [-0.05, 0) is 52.8 Å². The Morgan fingerprint density at radius 3 is 2.61 bits per heavy atom. The molecule has 0 aliphatic heterocycles. The van der Waals surface area contributed by atoms with Crippen molar-refractivity contribution in [2.24, 2.45) is 0 Å². The molecule has 1 heterocycles. The highest BCUT2D eigenvalue weighted by Crippen LogP contribution is 2.24. The normalized spacial score (nSPS) is 13.4. The van der Waals surface area contributed by atoms with Crippen molar-refractivity contribution < 1.29 is 13.5 Å². The lowest BCUT2D eigenvalue weighted by Gasteiger charge is -2.14. The van der Waals surface area contributed by atoms with E-state index in [1.807, 2.05) is 47.2 Å². The van der Waals surface area contributed by atoms with Crippen LogP contribution in [0.2, 0.25) is 0 Å². The summed E-state index contributed by atoms with van der Waals surface area (Å²) in [5.41, 5.74) is 2.00. The van der Waals surface area contributed by atoms with Gasteiger partial charge in [-0.25, -0.2) is 13.1 Å². The van der Waals surface area contributed by atoms with Gasteiger partial charge >= 0.3 is 0 Å². The molecule has 1 aromatic heterocycles. The van der Waals surface area contributed by atoms with Crippen molar-refractivity contribution in [3.63, 3.8) is 0 Å². The number of nitrogens with one attached hydrogen (secondary N) is 1. The molecule has 0 aliphatic carbocycles. The Morgan fingerprint density at radius 1 is 1.17 bits per heavy atom. The highest BCUT2D eigenvalue weighted by molar-refractivity contribution is 7.92. The molecule has 0 amide bonds. The molecule has 0 unspecified atom stereocenters. The number of benzene rings is 1. The summed E-state index contributed by atoms with van der Waals surface area (Å²) in [7, 11) is -3.45. The van der Waals surface area contributed by atoms with Gasteiger partial charge in [0.2, 0.25) is 10.0 Å². The van der Waals surface area contributed by atoms with Crippen LogP contribution in [0, 0.1) is 0 Å². The Hall–Kier alpha value is -1.47. The van der Waals surface area contributed by atoms with Gasteiger partial charge in [0.15, 0.2) is 0 Å². The average molecular weight is 351 g/mol. The van der Waals surface area contributed by atoms with E-state index in [2.05, 4.69) is 4.72 Å². The third-order valence-corrected chi connectivity index (χ3v) is 5.33. The standard InChI is InChI=1S/C17H21NO3S2/c19-11-7-16(17-8-12-22-14-17)6-10-18-23(20,21)13-9-15-4-2-1-3-5-15/h1-5,8-9,12-14,16,18-19H,6-7,10-11H2/b13-9+/t16-/m1/s1. The second-order valence-electron chi connectivity index (χ2n) is 5.21. The molecule has 124 valence electrons. The minimum absolute atomic E-state index is 0.0984. The van der Waals surface area contributed by atoms with E-state index >= 15 is 0 Å². The van der Waals surface area contributed by atoms with Gasteiger partial charge in [0.1, 0.15) is 0 Å². The van der Waals surface area contributed by atoms with Crippen LogP contribution in [-0.4, -0.2) is 26.7 Å². The molecule has 23 heavy (non-hydrogen) atoms. The minimum Gasteiger partial charge on any atom is -0.396 e. The first-order chi connectivity index (χ1) is 11.1. The maximum atomic E-state index is 12.0. The second-order valence-corrected chi connectivity index (χ2v) is 7.64. The molecule has 1 atom stereocenters. The topological polar surface area (TPSA) is 66.4 Å². The summed E-state index contributed by atoms with van der Waals surface area (Å²) in [6.45, 7) is 0.448. The molecule has 2 N–H and O–H groups in total. The van der Waals surface area contributed by atoms with Crippen LogP contribution in [0.5, 0.6) is 0 Å². The van der Waals surface area contributed by atoms with Crippen LogP contribution in [0.15, 0.2) is 52.6 Å². The van der Waals surface area contributed by atoms with E-state index in [-0.39, 0.29) is 12.5 Å². The molecule has 6 heteroatoms. The first-order valence-electron chi connectivity index (χ1n) is 7.46. The van der Waals surface area contributed by atoms with E-state index in [4.69, 9.17) is 5.11 Å². The molecule has 2 aromatic rings. The lowest BCUT2D eigenvalue weighted by atomic mass is 9.95. The van der Waals surface area contributed by atoms with Gasteiger partial charge in [-0.2, -0.15) is 11.3 Å². The largest absolute Gasteiger partial charge is 0.396 e. The summed E-state index contributed by atoms with van der Waals surface area (Å²) in [6, 6.07) is 11.3. The van der Waals surface area contributed by atoms with Crippen LogP contribution in [0.1, 0.15) is 29.9 Å². The van der Waals surface area contributed by atoms with Crippen molar-refractivity contribution in [2.75, 3.05) is 13.2 Å². The van der Waals surface area contributed by atoms with E-state index in [1.54, 1.807) is 17.4 Å². The summed E-state index contributed by atoms with van der Waals surface area (Å²) < 4.78 is 26.6. The van der Waals surface area contributed by atoms with Crippen molar-refractivity contribution in [1.29, 1.82) is 0 Å². The molecule has 0 saturated carbocycles. The number of hydrogen-bond donors (Lipinski definition) is 2. The number of rotatable bonds is 9. The van der Waals surface area contributed by atoms with E-state index < -0.39 is 10.0 Å². The zero-order valence-corrected chi connectivity index (χ0v) is 14.4.